The van der Waals surface area contributed by atoms with Crippen LogP contribution in [0.2, 0.25) is 0 Å². The van der Waals surface area contributed by atoms with Gasteiger partial charge < -0.3 is 20.1 Å². The number of carbonyl (C=O) groups is 2. The van der Waals surface area contributed by atoms with Crippen LogP contribution in [0.25, 0.3) is 0 Å². The average molecular weight is 314 g/mol. The van der Waals surface area contributed by atoms with Gasteiger partial charge in [-0.3, -0.25) is 9.59 Å². The van der Waals surface area contributed by atoms with E-state index in [1.54, 1.807) is 6.92 Å². The zero-order chi connectivity index (χ0) is 16.9. The van der Waals surface area contributed by atoms with E-state index in [9.17, 15) is 9.59 Å². The molecule has 22 heavy (non-hydrogen) atoms. The largest absolute Gasteiger partial charge is 0.352 e. The SMILES string of the molecule is COC(C)(CNC(=O)[C@@H](NC(=O)C1CCC1C)C(C)C)OC. The Balaban J connectivity index is 2.58. The second-order valence-electron chi connectivity index (χ2n) is 6.65. The maximum absolute atomic E-state index is 12.4. The average Bonchev–Trinajstić information content (AvgIpc) is 2.48. The number of amides is 2. The molecule has 128 valence electrons. The lowest BCUT2D eigenvalue weighted by molar-refractivity contribution is -0.190. The van der Waals surface area contributed by atoms with E-state index in [4.69, 9.17) is 9.47 Å². The van der Waals surface area contributed by atoms with Crippen LogP contribution in [0.5, 0.6) is 0 Å². The summed E-state index contributed by atoms with van der Waals surface area (Å²) in [4.78, 5) is 24.6. The van der Waals surface area contributed by atoms with Crippen molar-refractivity contribution in [2.75, 3.05) is 20.8 Å². The van der Waals surface area contributed by atoms with Crippen molar-refractivity contribution in [1.29, 1.82) is 0 Å². The zero-order valence-corrected chi connectivity index (χ0v) is 14.6. The van der Waals surface area contributed by atoms with Gasteiger partial charge >= 0.3 is 0 Å². The minimum absolute atomic E-state index is 0.00989. The minimum Gasteiger partial charge on any atom is -0.352 e. The summed E-state index contributed by atoms with van der Waals surface area (Å²) >= 11 is 0. The van der Waals surface area contributed by atoms with Gasteiger partial charge in [-0.1, -0.05) is 20.8 Å². The van der Waals surface area contributed by atoms with Crippen molar-refractivity contribution in [2.45, 2.75) is 52.4 Å². The van der Waals surface area contributed by atoms with Gasteiger partial charge in [-0.15, -0.1) is 0 Å². The summed E-state index contributed by atoms with van der Waals surface area (Å²) in [6, 6.07) is -0.543. The molecule has 0 aromatic heterocycles. The minimum atomic E-state index is -0.871. The van der Waals surface area contributed by atoms with E-state index in [2.05, 4.69) is 17.6 Å². The molecule has 0 radical (unpaired) electrons. The van der Waals surface area contributed by atoms with E-state index >= 15 is 0 Å². The lowest BCUT2D eigenvalue weighted by atomic mass is 9.74. The summed E-state index contributed by atoms with van der Waals surface area (Å²) in [5.41, 5.74) is 0. The van der Waals surface area contributed by atoms with Crippen molar-refractivity contribution in [3.05, 3.63) is 0 Å². The predicted molar refractivity (Wildman–Crippen MR) is 84.1 cm³/mol. The van der Waals surface area contributed by atoms with Crippen molar-refractivity contribution in [3.63, 3.8) is 0 Å². The topological polar surface area (TPSA) is 76.7 Å². The number of carbonyl (C=O) groups excluding carboxylic acids is 2. The molecule has 6 heteroatoms. The van der Waals surface area contributed by atoms with Gasteiger partial charge in [-0.2, -0.15) is 0 Å². The molecular weight excluding hydrogens is 284 g/mol. The normalized spacial score (nSPS) is 22.9. The Kier molecular flexibility index (Phi) is 6.81. The maximum Gasteiger partial charge on any atom is 0.243 e. The molecule has 0 saturated heterocycles. The van der Waals surface area contributed by atoms with E-state index in [0.29, 0.717) is 5.92 Å². The highest BCUT2D eigenvalue weighted by Gasteiger charge is 2.36. The third kappa shape index (κ3) is 4.68. The Morgan fingerprint density at radius 2 is 1.82 bits per heavy atom. The molecule has 2 N–H and O–H groups in total. The Morgan fingerprint density at radius 3 is 2.18 bits per heavy atom. The molecule has 1 aliphatic rings. The van der Waals surface area contributed by atoms with Gasteiger partial charge in [0.25, 0.3) is 0 Å². The van der Waals surface area contributed by atoms with Crippen LogP contribution in [0.1, 0.15) is 40.5 Å². The quantitative estimate of drug-likeness (QED) is 0.662. The first-order chi connectivity index (χ1) is 10.2. The van der Waals surface area contributed by atoms with Gasteiger partial charge in [0.1, 0.15) is 6.04 Å². The van der Waals surface area contributed by atoms with Crippen LogP contribution >= 0.6 is 0 Å². The monoisotopic (exact) mass is 314 g/mol. The fourth-order valence-corrected chi connectivity index (χ4v) is 2.44. The first-order valence-electron chi connectivity index (χ1n) is 7.92. The molecule has 6 nitrogen and oxygen atoms in total. The lowest BCUT2D eigenvalue weighted by Crippen LogP contribution is -2.55. The van der Waals surface area contributed by atoms with Crippen LogP contribution in [-0.2, 0) is 19.1 Å². The standard InChI is InChI=1S/C16H30N2O4/c1-10(2)13(18-14(19)12-8-7-11(12)3)15(20)17-9-16(4,21-5)22-6/h10-13H,7-9H2,1-6H3,(H,17,20)(H,18,19)/t11?,12?,13-/m0/s1. The number of nitrogens with one attached hydrogen (secondary N) is 2. The van der Waals surface area contributed by atoms with Crippen LogP contribution in [0.15, 0.2) is 0 Å². The van der Waals surface area contributed by atoms with Crippen LogP contribution in [0.4, 0.5) is 0 Å². The Bertz CT molecular complexity index is 394. The third-order valence-electron chi connectivity index (χ3n) is 4.65. The number of methoxy groups -OCH3 is 2. The van der Waals surface area contributed by atoms with Crippen LogP contribution in [0.3, 0.4) is 0 Å². The molecule has 1 fully saturated rings. The molecule has 1 rings (SSSR count). The van der Waals surface area contributed by atoms with Crippen LogP contribution < -0.4 is 10.6 Å². The summed E-state index contributed by atoms with van der Waals surface area (Å²) in [6.45, 7) is 7.87. The van der Waals surface area contributed by atoms with E-state index in [1.807, 2.05) is 13.8 Å². The molecule has 3 atom stereocenters. The van der Waals surface area contributed by atoms with Gasteiger partial charge in [-0.05, 0) is 31.6 Å². The lowest BCUT2D eigenvalue weighted by Gasteiger charge is -2.34. The van der Waals surface area contributed by atoms with E-state index in [-0.39, 0.29) is 30.2 Å². The number of hydrogen-bond acceptors (Lipinski definition) is 4. The fraction of sp³-hybridized carbons (Fsp3) is 0.875. The van der Waals surface area contributed by atoms with E-state index in [0.717, 1.165) is 12.8 Å². The van der Waals surface area contributed by atoms with E-state index in [1.165, 1.54) is 14.2 Å². The molecule has 0 heterocycles. The van der Waals surface area contributed by atoms with E-state index < -0.39 is 11.8 Å². The van der Waals surface area contributed by atoms with Gasteiger partial charge in [0.2, 0.25) is 11.8 Å². The molecule has 0 spiro atoms. The highest BCUT2D eigenvalue weighted by molar-refractivity contribution is 5.89. The first kappa shape index (κ1) is 18.9. The zero-order valence-electron chi connectivity index (χ0n) is 14.6. The Labute approximate surface area is 133 Å². The summed E-state index contributed by atoms with van der Waals surface area (Å²) in [5, 5.41) is 5.68. The number of rotatable bonds is 8. The number of hydrogen-bond donors (Lipinski definition) is 2. The Hall–Kier alpha value is -1.14. The molecule has 0 bridgehead atoms. The van der Waals surface area contributed by atoms with Gasteiger partial charge in [0, 0.05) is 20.1 Å². The van der Waals surface area contributed by atoms with Crippen molar-refractivity contribution >= 4 is 11.8 Å². The molecule has 1 aliphatic carbocycles. The summed E-state index contributed by atoms with van der Waals surface area (Å²) in [7, 11) is 3.05. The van der Waals surface area contributed by atoms with Crippen LogP contribution in [-0.4, -0.2) is 44.4 Å². The van der Waals surface area contributed by atoms with Crippen molar-refractivity contribution in [3.8, 4) is 0 Å². The molecule has 0 aliphatic heterocycles. The fourth-order valence-electron chi connectivity index (χ4n) is 2.44. The molecule has 1 saturated carbocycles. The van der Waals surface area contributed by atoms with Crippen molar-refractivity contribution in [1.82, 2.24) is 10.6 Å². The summed E-state index contributed by atoms with van der Waals surface area (Å²) in [5.74, 6) is -0.650. The van der Waals surface area contributed by atoms with Gasteiger partial charge in [-0.25, -0.2) is 0 Å². The molecular formula is C16H30N2O4. The second-order valence-corrected chi connectivity index (χ2v) is 6.65. The maximum atomic E-state index is 12.4. The third-order valence-corrected chi connectivity index (χ3v) is 4.65. The van der Waals surface area contributed by atoms with Crippen LogP contribution in [0, 0.1) is 17.8 Å². The molecule has 2 amide bonds. The van der Waals surface area contributed by atoms with Crippen molar-refractivity contribution in [2.24, 2.45) is 17.8 Å². The molecule has 0 aromatic rings. The molecule has 2 unspecified atom stereocenters. The second kappa shape index (κ2) is 7.92. The Morgan fingerprint density at radius 1 is 1.23 bits per heavy atom. The van der Waals surface area contributed by atoms with Gasteiger partial charge in [0.15, 0.2) is 5.79 Å². The smallest absolute Gasteiger partial charge is 0.243 e. The highest BCUT2D eigenvalue weighted by atomic mass is 16.7. The summed E-state index contributed by atoms with van der Waals surface area (Å²) < 4.78 is 10.4. The van der Waals surface area contributed by atoms with Gasteiger partial charge in [0.05, 0.1) is 6.54 Å². The number of ether oxygens (including phenoxy) is 2. The van der Waals surface area contributed by atoms with Crippen molar-refractivity contribution < 1.29 is 19.1 Å². The summed E-state index contributed by atoms with van der Waals surface area (Å²) in [6.07, 6.45) is 1.99. The predicted octanol–water partition coefficient (Wildman–Crippen LogP) is 1.30. The molecule has 0 aromatic carbocycles. The first-order valence-corrected chi connectivity index (χ1v) is 7.92. The highest BCUT2D eigenvalue weighted by Crippen LogP contribution is 2.33.